The lowest BCUT2D eigenvalue weighted by Gasteiger charge is -2.24. The molecular formula is C12H17F2NO. The lowest BCUT2D eigenvalue weighted by molar-refractivity contribution is 0.225. The van der Waals surface area contributed by atoms with Gasteiger partial charge in [0.05, 0.1) is 5.69 Å². The number of hydrogen-bond acceptors (Lipinski definition) is 2. The Morgan fingerprint density at radius 3 is 2.62 bits per heavy atom. The second kappa shape index (κ2) is 5.80. The van der Waals surface area contributed by atoms with E-state index in [1.165, 1.54) is 6.07 Å². The predicted octanol–water partition coefficient (Wildman–Crippen LogP) is 2.42. The van der Waals surface area contributed by atoms with Crippen LogP contribution in [0.1, 0.15) is 13.3 Å². The Hall–Kier alpha value is -1.16. The van der Waals surface area contributed by atoms with Gasteiger partial charge in [0.2, 0.25) is 0 Å². The fraction of sp³-hybridized carbons (Fsp3) is 0.500. The lowest BCUT2D eigenvalue weighted by Crippen LogP contribution is -2.27. The Morgan fingerprint density at radius 2 is 2.06 bits per heavy atom. The highest BCUT2D eigenvalue weighted by Gasteiger charge is 2.13. The first kappa shape index (κ1) is 12.9. The van der Waals surface area contributed by atoms with Crippen LogP contribution < -0.4 is 4.90 Å². The average molecular weight is 229 g/mol. The minimum atomic E-state index is -0.458. The van der Waals surface area contributed by atoms with Crippen molar-refractivity contribution < 1.29 is 13.9 Å². The minimum absolute atomic E-state index is 0.0533. The van der Waals surface area contributed by atoms with Crippen molar-refractivity contribution in [1.29, 1.82) is 0 Å². The first-order valence-electron chi connectivity index (χ1n) is 5.35. The zero-order valence-electron chi connectivity index (χ0n) is 9.58. The Balaban J connectivity index is 2.79. The van der Waals surface area contributed by atoms with Crippen LogP contribution in [0.4, 0.5) is 14.5 Å². The van der Waals surface area contributed by atoms with Crippen LogP contribution in [-0.2, 0) is 0 Å². The van der Waals surface area contributed by atoms with E-state index < -0.39 is 11.6 Å². The molecule has 0 heterocycles. The monoisotopic (exact) mass is 229 g/mol. The molecule has 1 unspecified atom stereocenters. The Bertz CT molecular complexity index is 340. The quantitative estimate of drug-likeness (QED) is 0.838. The molecule has 4 heteroatoms. The highest BCUT2D eigenvalue weighted by molar-refractivity contribution is 5.47. The van der Waals surface area contributed by atoms with Crippen molar-refractivity contribution >= 4 is 5.69 Å². The predicted molar refractivity (Wildman–Crippen MR) is 60.5 cm³/mol. The zero-order valence-corrected chi connectivity index (χ0v) is 9.58. The summed E-state index contributed by atoms with van der Waals surface area (Å²) in [6.07, 6.45) is 0.803. The number of rotatable bonds is 5. The van der Waals surface area contributed by atoms with E-state index in [0.29, 0.717) is 6.54 Å². The molecule has 0 aromatic heterocycles. The molecule has 2 nitrogen and oxygen atoms in total. The van der Waals surface area contributed by atoms with Crippen LogP contribution in [0.2, 0.25) is 0 Å². The molecule has 1 atom stereocenters. The Labute approximate surface area is 94.5 Å². The van der Waals surface area contributed by atoms with Crippen molar-refractivity contribution in [3.05, 3.63) is 29.8 Å². The van der Waals surface area contributed by atoms with Crippen LogP contribution in [0, 0.1) is 17.6 Å². The molecule has 0 saturated heterocycles. The standard InChI is InChI=1S/C12H17F2NO/c1-3-9(8-16)7-15(2)12-6-10(13)4-5-11(12)14/h4-6,9,16H,3,7-8H2,1-2H3. The van der Waals surface area contributed by atoms with E-state index in [9.17, 15) is 8.78 Å². The molecule has 1 aromatic rings. The van der Waals surface area contributed by atoms with Gasteiger partial charge in [-0.05, 0) is 24.5 Å². The maximum absolute atomic E-state index is 13.4. The summed E-state index contributed by atoms with van der Waals surface area (Å²) < 4.78 is 26.4. The van der Waals surface area contributed by atoms with Crippen LogP contribution in [0.15, 0.2) is 18.2 Å². The Morgan fingerprint density at radius 1 is 1.38 bits per heavy atom. The van der Waals surface area contributed by atoms with Crippen molar-refractivity contribution in [2.75, 3.05) is 25.1 Å². The molecule has 0 fully saturated rings. The van der Waals surface area contributed by atoms with Crippen molar-refractivity contribution in [3.63, 3.8) is 0 Å². The van der Waals surface area contributed by atoms with E-state index >= 15 is 0 Å². The molecule has 1 rings (SSSR count). The van der Waals surface area contributed by atoms with Crippen LogP contribution in [-0.4, -0.2) is 25.3 Å². The number of nitrogens with zero attached hydrogens (tertiary/aromatic N) is 1. The van der Waals surface area contributed by atoms with Gasteiger partial charge in [-0.3, -0.25) is 0 Å². The molecule has 1 N–H and O–H groups in total. The molecular weight excluding hydrogens is 212 g/mol. The van der Waals surface area contributed by atoms with Gasteiger partial charge in [0.15, 0.2) is 0 Å². The van der Waals surface area contributed by atoms with Gasteiger partial charge in [0, 0.05) is 26.3 Å². The number of halogens is 2. The summed E-state index contributed by atoms with van der Waals surface area (Å²) >= 11 is 0. The molecule has 0 saturated carbocycles. The molecule has 90 valence electrons. The number of anilines is 1. The normalized spacial score (nSPS) is 12.6. The van der Waals surface area contributed by atoms with E-state index in [1.807, 2.05) is 6.92 Å². The first-order valence-corrected chi connectivity index (χ1v) is 5.35. The summed E-state index contributed by atoms with van der Waals surface area (Å²) in [5, 5.41) is 9.05. The zero-order chi connectivity index (χ0) is 12.1. The third kappa shape index (κ3) is 3.17. The molecule has 0 bridgehead atoms. The molecule has 1 aromatic carbocycles. The minimum Gasteiger partial charge on any atom is -0.396 e. The molecule has 0 aliphatic heterocycles. The third-order valence-corrected chi connectivity index (χ3v) is 2.69. The van der Waals surface area contributed by atoms with Gasteiger partial charge in [-0.2, -0.15) is 0 Å². The van der Waals surface area contributed by atoms with Crippen LogP contribution in [0.5, 0.6) is 0 Å². The lowest BCUT2D eigenvalue weighted by atomic mass is 10.1. The van der Waals surface area contributed by atoms with Gasteiger partial charge in [-0.1, -0.05) is 6.92 Å². The highest BCUT2D eigenvalue weighted by atomic mass is 19.1. The average Bonchev–Trinajstić information content (AvgIpc) is 2.28. The fourth-order valence-electron chi connectivity index (χ4n) is 1.58. The molecule has 0 aliphatic rings. The van der Waals surface area contributed by atoms with E-state index in [-0.39, 0.29) is 18.2 Å². The topological polar surface area (TPSA) is 23.5 Å². The van der Waals surface area contributed by atoms with E-state index in [1.54, 1.807) is 11.9 Å². The second-order valence-corrected chi connectivity index (χ2v) is 3.93. The highest BCUT2D eigenvalue weighted by Crippen LogP contribution is 2.20. The fourth-order valence-corrected chi connectivity index (χ4v) is 1.58. The van der Waals surface area contributed by atoms with Gasteiger partial charge in [0.25, 0.3) is 0 Å². The summed E-state index contributed by atoms with van der Waals surface area (Å²) in [6.45, 7) is 2.52. The summed E-state index contributed by atoms with van der Waals surface area (Å²) in [5.41, 5.74) is 0.229. The van der Waals surface area contributed by atoms with E-state index in [2.05, 4.69) is 0 Å². The number of benzene rings is 1. The summed E-state index contributed by atoms with van der Waals surface area (Å²) in [7, 11) is 1.69. The van der Waals surface area contributed by atoms with Crippen molar-refractivity contribution in [3.8, 4) is 0 Å². The maximum atomic E-state index is 13.4. The molecule has 0 radical (unpaired) electrons. The summed E-state index contributed by atoms with van der Waals surface area (Å²) in [4.78, 5) is 1.63. The molecule has 0 spiro atoms. The van der Waals surface area contributed by atoms with Crippen LogP contribution in [0.3, 0.4) is 0 Å². The van der Waals surface area contributed by atoms with Gasteiger partial charge in [0.1, 0.15) is 11.6 Å². The first-order chi connectivity index (χ1) is 7.58. The largest absolute Gasteiger partial charge is 0.396 e. The van der Waals surface area contributed by atoms with Crippen LogP contribution in [0.25, 0.3) is 0 Å². The molecule has 0 aliphatic carbocycles. The van der Waals surface area contributed by atoms with Crippen molar-refractivity contribution in [1.82, 2.24) is 0 Å². The third-order valence-electron chi connectivity index (χ3n) is 2.69. The molecule has 16 heavy (non-hydrogen) atoms. The van der Waals surface area contributed by atoms with Crippen molar-refractivity contribution in [2.24, 2.45) is 5.92 Å². The van der Waals surface area contributed by atoms with E-state index in [0.717, 1.165) is 18.6 Å². The SMILES string of the molecule is CCC(CO)CN(C)c1cc(F)ccc1F. The van der Waals surface area contributed by atoms with Gasteiger partial charge < -0.3 is 10.0 Å². The summed E-state index contributed by atoms with van der Waals surface area (Å²) in [6, 6.07) is 3.37. The van der Waals surface area contributed by atoms with E-state index in [4.69, 9.17) is 5.11 Å². The molecule has 0 amide bonds. The van der Waals surface area contributed by atoms with Crippen LogP contribution >= 0.6 is 0 Å². The van der Waals surface area contributed by atoms with Gasteiger partial charge in [-0.15, -0.1) is 0 Å². The number of hydrogen-bond donors (Lipinski definition) is 1. The smallest absolute Gasteiger partial charge is 0.146 e. The Kier molecular flexibility index (Phi) is 4.68. The second-order valence-electron chi connectivity index (χ2n) is 3.93. The van der Waals surface area contributed by atoms with Gasteiger partial charge in [-0.25, -0.2) is 8.78 Å². The number of aliphatic hydroxyl groups is 1. The summed E-state index contributed by atoms with van der Waals surface area (Å²) in [5.74, 6) is -0.829. The number of aliphatic hydroxyl groups excluding tert-OH is 1. The van der Waals surface area contributed by atoms with Gasteiger partial charge >= 0.3 is 0 Å². The maximum Gasteiger partial charge on any atom is 0.146 e. The van der Waals surface area contributed by atoms with Crippen molar-refractivity contribution in [2.45, 2.75) is 13.3 Å².